The molecule has 0 spiro atoms. The average molecular weight is 463 g/mol. The lowest BCUT2D eigenvalue weighted by atomic mass is 9.81. The number of nitrogens with one attached hydrogen (secondary N) is 2. The van der Waals surface area contributed by atoms with E-state index in [1.165, 1.54) is 32.1 Å². The molecule has 1 saturated heterocycles. The molecule has 1 aromatic heterocycles. The van der Waals surface area contributed by atoms with E-state index in [1.807, 2.05) is 24.4 Å². The van der Waals surface area contributed by atoms with Crippen LogP contribution in [-0.2, 0) is 6.54 Å². The number of aromatic nitrogens is 2. The molecule has 4 rings (SSSR count). The van der Waals surface area contributed by atoms with Gasteiger partial charge in [0.1, 0.15) is 5.82 Å². The third-order valence-electron chi connectivity index (χ3n) is 6.44. The molecule has 0 unspecified atom stereocenters. The first-order valence-electron chi connectivity index (χ1n) is 11.2. The van der Waals surface area contributed by atoms with Gasteiger partial charge >= 0.3 is 0 Å². The van der Waals surface area contributed by atoms with Gasteiger partial charge in [-0.15, -0.1) is 0 Å². The normalized spacial score (nSPS) is 19.8. The van der Waals surface area contributed by atoms with Gasteiger partial charge in [-0.1, -0.05) is 48.5 Å². The summed E-state index contributed by atoms with van der Waals surface area (Å²) in [6.45, 7) is 6.17. The van der Waals surface area contributed by atoms with E-state index in [1.54, 1.807) is 6.07 Å². The van der Waals surface area contributed by atoms with Crippen molar-refractivity contribution < 1.29 is 0 Å². The van der Waals surface area contributed by atoms with Crippen molar-refractivity contribution in [3.63, 3.8) is 0 Å². The molecule has 0 radical (unpaired) electrons. The summed E-state index contributed by atoms with van der Waals surface area (Å²) in [5.74, 6) is 1.48. The minimum atomic E-state index is 0.0479. The summed E-state index contributed by atoms with van der Waals surface area (Å²) in [6, 6.07) is 7.44. The quantitative estimate of drug-likeness (QED) is 0.618. The molecule has 1 aromatic carbocycles. The highest BCUT2D eigenvalue weighted by Gasteiger charge is 2.35. The Labute approximate surface area is 195 Å². The van der Waals surface area contributed by atoms with Crippen molar-refractivity contribution in [2.45, 2.75) is 44.2 Å². The number of hydrogen-bond acceptors (Lipinski definition) is 6. The van der Waals surface area contributed by atoms with Crippen LogP contribution in [0.3, 0.4) is 0 Å². The van der Waals surface area contributed by atoms with Crippen molar-refractivity contribution >= 4 is 35.0 Å². The van der Waals surface area contributed by atoms with Gasteiger partial charge in [0, 0.05) is 55.5 Å². The highest BCUT2D eigenvalue weighted by atomic mass is 35.5. The van der Waals surface area contributed by atoms with Gasteiger partial charge in [0.05, 0.1) is 5.54 Å². The smallest absolute Gasteiger partial charge is 0.225 e. The minimum Gasteiger partial charge on any atom is -0.366 e. The highest BCUT2D eigenvalue weighted by Crippen LogP contribution is 2.32. The molecule has 168 valence electrons. The van der Waals surface area contributed by atoms with Gasteiger partial charge in [-0.05, 0) is 43.7 Å². The Morgan fingerprint density at radius 1 is 1.03 bits per heavy atom. The SMILES string of the molecule is CN1CCN(CC2(Nc3nccc(NCc4ccc(Cl)cc4Cl)n3)CCCCC2)CC1. The van der Waals surface area contributed by atoms with Crippen molar-refractivity contribution in [3.8, 4) is 0 Å². The standard InChI is InChI=1S/C23H32Cl2N6/c1-30-11-13-31(14-12-30)17-23(8-3-2-4-9-23)29-22-26-10-7-21(28-22)27-16-18-5-6-19(24)15-20(18)25/h5-7,10,15H,2-4,8-9,11-14,16-17H2,1H3,(H2,26,27,28,29). The number of nitrogens with zero attached hydrogens (tertiary/aromatic N) is 4. The second-order valence-corrected chi connectivity index (χ2v) is 9.74. The predicted molar refractivity (Wildman–Crippen MR) is 129 cm³/mol. The molecule has 0 atom stereocenters. The maximum atomic E-state index is 6.30. The molecular formula is C23H32Cl2N6. The lowest BCUT2D eigenvalue weighted by molar-refractivity contribution is 0.119. The van der Waals surface area contributed by atoms with E-state index in [0.29, 0.717) is 22.5 Å². The molecule has 8 heteroatoms. The molecule has 2 N–H and O–H groups in total. The number of likely N-dealkylation sites (N-methyl/N-ethyl adjacent to an activating group) is 1. The number of benzene rings is 1. The number of anilines is 2. The topological polar surface area (TPSA) is 56.3 Å². The van der Waals surface area contributed by atoms with Crippen LogP contribution in [0.2, 0.25) is 10.0 Å². The molecule has 6 nitrogen and oxygen atoms in total. The second-order valence-electron chi connectivity index (χ2n) is 8.90. The molecule has 31 heavy (non-hydrogen) atoms. The molecule has 1 aliphatic heterocycles. The van der Waals surface area contributed by atoms with Crippen LogP contribution in [0.25, 0.3) is 0 Å². The van der Waals surface area contributed by atoms with Gasteiger partial charge in [-0.3, -0.25) is 4.90 Å². The molecule has 2 heterocycles. The number of piperazine rings is 1. The van der Waals surface area contributed by atoms with Crippen molar-refractivity contribution in [1.82, 2.24) is 19.8 Å². The summed E-state index contributed by atoms with van der Waals surface area (Å²) in [6.07, 6.45) is 7.98. The third-order valence-corrected chi connectivity index (χ3v) is 7.03. The average Bonchev–Trinajstić information content (AvgIpc) is 2.76. The highest BCUT2D eigenvalue weighted by molar-refractivity contribution is 6.35. The van der Waals surface area contributed by atoms with E-state index in [0.717, 1.165) is 44.1 Å². The van der Waals surface area contributed by atoms with Gasteiger partial charge in [0.15, 0.2) is 0 Å². The summed E-state index contributed by atoms with van der Waals surface area (Å²) in [4.78, 5) is 14.3. The van der Waals surface area contributed by atoms with Crippen molar-refractivity contribution in [3.05, 3.63) is 46.1 Å². The largest absolute Gasteiger partial charge is 0.366 e. The minimum absolute atomic E-state index is 0.0479. The molecule has 0 amide bonds. The fraction of sp³-hybridized carbons (Fsp3) is 0.565. The van der Waals surface area contributed by atoms with Crippen LogP contribution in [0.5, 0.6) is 0 Å². The van der Waals surface area contributed by atoms with Gasteiger partial charge < -0.3 is 15.5 Å². The maximum absolute atomic E-state index is 6.30. The molecule has 1 saturated carbocycles. The zero-order chi connectivity index (χ0) is 21.7. The summed E-state index contributed by atoms with van der Waals surface area (Å²) in [5, 5.41) is 8.41. The van der Waals surface area contributed by atoms with Gasteiger partial charge in [0.2, 0.25) is 5.95 Å². The number of rotatable bonds is 7. The zero-order valence-electron chi connectivity index (χ0n) is 18.2. The second kappa shape index (κ2) is 10.3. The van der Waals surface area contributed by atoms with Crippen molar-refractivity contribution in [1.29, 1.82) is 0 Å². The number of hydrogen-bond donors (Lipinski definition) is 2. The summed E-state index contributed by atoms with van der Waals surface area (Å²) in [5.41, 5.74) is 1.03. The predicted octanol–water partition coefficient (Wildman–Crippen LogP) is 4.76. The van der Waals surface area contributed by atoms with E-state index in [4.69, 9.17) is 28.2 Å². The van der Waals surface area contributed by atoms with E-state index < -0.39 is 0 Å². The molecule has 1 aliphatic carbocycles. The van der Waals surface area contributed by atoms with Crippen LogP contribution in [0, 0.1) is 0 Å². The Kier molecular flexibility index (Phi) is 7.54. The molecule has 2 aliphatic rings. The van der Waals surface area contributed by atoms with E-state index in [2.05, 4.69) is 32.5 Å². The van der Waals surface area contributed by atoms with Crippen LogP contribution in [-0.4, -0.2) is 65.1 Å². The molecule has 2 aromatic rings. The van der Waals surface area contributed by atoms with Crippen LogP contribution >= 0.6 is 23.2 Å². The van der Waals surface area contributed by atoms with Crippen molar-refractivity contribution in [2.24, 2.45) is 0 Å². The maximum Gasteiger partial charge on any atom is 0.225 e. The third kappa shape index (κ3) is 6.22. The van der Waals surface area contributed by atoms with Crippen LogP contribution in [0.15, 0.2) is 30.5 Å². The molecule has 0 bridgehead atoms. The Hall–Kier alpha value is -1.60. The summed E-state index contributed by atoms with van der Waals surface area (Å²) in [7, 11) is 2.20. The van der Waals surface area contributed by atoms with E-state index in [9.17, 15) is 0 Å². The Bertz CT molecular complexity index is 863. The Morgan fingerprint density at radius 2 is 1.81 bits per heavy atom. The first kappa shape index (κ1) is 22.6. The Morgan fingerprint density at radius 3 is 2.55 bits per heavy atom. The molecule has 2 fully saturated rings. The molecular weight excluding hydrogens is 431 g/mol. The first-order chi connectivity index (χ1) is 15.0. The van der Waals surface area contributed by atoms with Crippen LogP contribution in [0.1, 0.15) is 37.7 Å². The lowest BCUT2D eigenvalue weighted by Gasteiger charge is -2.44. The van der Waals surface area contributed by atoms with E-state index >= 15 is 0 Å². The fourth-order valence-electron chi connectivity index (χ4n) is 4.59. The Balaban J connectivity index is 1.42. The monoisotopic (exact) mass is 462 g/mol. The van der Waals surface area contributed by atoms with Gasteiger partial charge in [0.25, 0.3) is 0 Å². The van der Waals surface area contributed by atoms with Gasteiger partial charge in [-0.2, -0.15) is 4.98 Å². The fourth-order valence-corrected chi connectivity index (χ4v) is 5.07. The number of halogens is 2. The van der Waals surface area contributed by atoms with Crippen LogP contribution < -0.4 is 10.6 Å². The van der Waals surface area contributed by atoms with Crippen LogP contribution in [0.4, 0.5) is 11.8 Å². The van der Waals surface area contributed by atoms with E-state index in [-0.39, 0.29) is 5.54 Å². The summed E-state index contributed by atoms with van der Waals surface area (Å²) >= 11 is 12.3. The van der Waals surface area contributed by atoms with Gasteiger partial charge in [-0.25, -0.2) is 4.98 Å². The lowest BCUT2D eigenvalue weighted by Crippen LogP contribution is -2.54. The first-order valence-corrected chi connectivity index (χ1v) is 12.0. The van der Waals surface area contributed by atoms with Crippen molar-refractivity contribution in [2.75, 3.05) is 50.4 Å². The zero-order valence-corrected chi connectivity index (χ0v) is 19.7. The summed E-state index contributed by atoms with van der Waals surface area (Å²) < 4.78 is 0.